The number of nitrogens with zero attached hydrogens (tertiary/aromatic N) is 1. The Morgan fingerprint density at radius 2 is 1.55 bits per heavy atom. The first-order valence-electron chi connectivity index (χ1n) is 11.2. The number of ether oxygens (including phenoxy) is 1. The lowest BCUT2D eigenvalue weighted by atomic mass is 9.75. The molecular formula is C27H29NO4S. The molecule has 0 saturated heterocycles. The molecule has 0 unspecified atom stereocenters. The van der Waals surface area contributed by atoms with Crippen LogP contribution in [0.15, 0.2) is 83.8 Å². The van der Waals surface area contributed by atoms with Gasteiger partial charge in [0, 0.05) is 5.69 Å². The van der Waals surface area contributed by atoms with Crippen molar-refractivity contribution in [2.45, 2.75) is 43.0 Å². The Labute approximate surface area is 195 Å². The van der Waals surface area contributed by atoms with Gasteiger partial charge in [0.15, 0.2) is 9.84 Å². The number of methoxy groups -OCH3 is 1. The highest BCUT2D eigenvalue weighted by Gasteiger charge is 2.50. The molecule has 1 aliphatic heterocycles. The maximum Gasteiger partial charge on any atom is 0.238 e. The molecule has 0 saturated carbocycles. The van der Waals surface area contributed by atoms with Gasteiger partial charge in [-0.3, -0.25) is 4.79 Å². The molecular weight excluding hydrogens is 434 g/mol. The second-order valence-corrected chi connectivity index (χ2v) is 10.6. The van der Waals surface area contributed by atoms with E-state index >= 15 is 0 Å². The van der Waals surface area contributed by atoms with Crippen molar-refractivity contribution in [1.29, 1.82) is 0 Å². The number of rotatable bonds is 9. The summed E-state index contributed by atoms with van der Waals surface area (Å²) >= 11 is 0. The summed E-state index contributed by atoms with van der Waals surface area (Å²) in [6.07, 6.45) is 1.64. The monoisotopic (exact) mass is 463 g/mol. The highest BCUT2D eigenvalue weighted by Crippen LogP contribution is 2.47. The zero-order chi connectivity index (χ0) is 23.5. The van der Waals surface area contributed by atoms with Crippen molar-refractivity contribution in [3.8, 4) is 5.75 Å². The normalized spacial score (nSPS) is 17.8. The van der Waals surface area contributed by atoms with Crippen molar-refractivity contribution in [1.82, 2.24) is 0 Å². The number of hydrogen-bond acceptors (Lipinski definition) is 4. The highest BCUT2D eigenvalue weighted by molar-refractivity contribution is 7.91. The Bertz CT molecular complexity index is 1220. The van der Waals surface area contributed by atoms with Crippen molar-refractivity contribution in [3.63, 3.8) is 0 Å². The lowest BCUT2D eigenvalue weighted by Crippen LogP contribution is -2.41. The zero-order valence-corrected chi connectivity index (χ0v) is 19.8. The average Bonchev–Trinajstić information content (AvgIpc) is 3.07. The van der Waals surface area contributed by atoms with Crippen LogP contribution in [0.5, 0.6) is 5.75 Å². The van der Waals surface area contributed by atoms with Crippen molar-refractivity contribution < 1.29 is 17.9 Å². The summed E-state index contributed by atoms with van der Waals surface area (Å²) in [6, 6.07) is 23.9. The fraction of sp³-hybridized carbons (Fsp3) is 0.296. The van der Waals surface area contributed by atoms with Crippen LogP contribution in [-0.2, 0) is 26.6 Å². The molecule has 172 valence electrons. The van der Waals surface area contributed by atoms with Gasteiger partial charge in [0.05, 0.1) is 29.7 Å². The molecule has 3 aromatic rings. The number of amides is 1. The van der Waals surface area contributed by atoms with E-state index in [1.54, 1.807) is 37.4 Å². The van der Waals surface area contributed by atoms with E-state index in [9.17, 15) is 13.2 Å². The Kier molecular flexibility index (Phi) is 6.56. The molecule has 1 atom stereocenters. The van der Waals surface area contributed by atoms with E-state index in [0.29, 0.717) is 17.9 Å². The van der Waals surface area contributed by atoms with Gasteiger partial charge in [-0.2, -0.15) is 0 Å². The molecule has 1 heterocycles. The van der Waals surface area contributed by atoms with E-state index in [-0.39, 0.29) is 18.1 Å². The number of para-hydroxylation sites is 1. The summed E-state index contributed by atoms with van der Waals surface area (Å²) in [7, 11) is -1.88. The molecule has 0 bridgehead atoms. The van der Waals surface area contributed by atoms with Crippen LogP contribution < -0.4 is 9.64 Å². The summed E-state index contributed by atoms with van der Waals surface area (Å²) in [4.78, 5) is 16.1. The van der Waals surface area contributed by atoms with Crippen LogP contribution in [0.4, 0.5) is 5.69 Å². The Hall–Kier alpha value is -3.12. The van der Waals surface area contributed by atoms with Gasteiger partial charge in [0.1, 0.15) is 5.75 Å². The van der Waals surface area contributed by atoms with Crippen molar-refractivity contribution >= 4 is 21.4 Å². The Morgan fingerprint density at radius 3 is 2.21 bits per heavy atom. The molecule has 0 N–H and O–H groups in total. The van der Waals surface area contributed by atoms with Crippen molar-refractivity contribution in [3.05, 3.63) is 90.0 Å². The number of benzene rings is 3. The van der Waals surface area contributed by atoms with E-state index in [1.165, 1.54) is 0 Å². The van der Waals surface area contributed by atoms with E-state index in [2.05, 4.69) is 0 Å². The van der Waals surface area contributed by atoms with Crippen LogP contribution in [0.1, 0.15) is 37.3 Å². The van der Waals surface area contributed by atoms with Crippen molar-refractivity contribution in [2.75, 3.05) is 17.8 Å². The number of fused-ring (bicyclic) bond motifs is 1. The van der Waals surface area contributed by atoms with Crippen LogP contribution >= 0.6 is 0 Å². The van der Waals surface area contributed by atoms with Gasteiger partial charge in [-0.1, -0.05) is 61.9 Å². The molecule has 1 amide bonds. The molecule has 4 rings (SSSR count). The van der Waals surface area contributed by atoms with Gasteiger partial charge in [-0.15, -0.1) is 0 Å². The molecule has 5 nitrogen and oxygen atoms in total. The lowest BCUT2D eigenvalue weighted by molar-refractivity contribution is -0.123. The summed E-state index contributed by atoms with van der Waals surface area (Å²) in [5, 5.41) is 0. The van der Waals surface area contributed by atoms with Gasteiger partial charge in [-0.05, 0) is 54.3 Å². The predicted molar refractivity (Wildman–Crippen MR) is 130 cm³/mol. The zero-order valence-electron chi connectivity index (χ0n) is 19.0. The minimum Gasteiger partial charge on any atom is -0.497 e. The molecule has 0 aromatic heterocycles. The lowest BCUT2D eigenvalue weighted by Gasteiger charge is -2.29. The molecule has 3 aromatic carbocycles. The Balaban J connectivity index is 1.68. The van der Waals surface area contributed by atoms with Crippen LogP contribution in [0.25, 0.3) is 0 Å². The summed E-state index contributed by atoms with van der Waals surface area (Å²) in [5.74, 6) is 0.663. The van der Waals surface area contributed by atoms with Gasteiger partial charge < -0.3 is 9.64 Å². The summed E-state index contributed by atoms with van der Waals surface area (Å²) in [5.41, 5.74) is 1.93. The third-order valence-electron chi connectivity index (χ3n) is 6.44. The fourth-order valence-electron chi connectivity index (χ4n) is 4.76. The molecule has 0 spiro atoms. The van der Waals surface area contributed by atoms with Gasteiger partial charge >= 0.3 is 0 Å². The average molecular weight is 464 g/mol. The first-order chi connectivity index (χ1) is 15.9. The minimum absolute atomic E-state index is 0.0235. The number of hydrogen-bond donors (Lipinski definition) is 0. The van der Waals surface area contributed by atoms with Crippen LogP contribution in [0.3, 0.4) is 0 Å². The number of sulfone groups is 1. The smallest absolute Gasteiger partial charge is 0.238 e. The molecule has 0 fully saturated rings. The predicted octanol–water partition coefficient (Wildman–Crippen LogP) is 5.14. The van der Waals surface area contributed by atoms with E-state index in [0.717, 1.165) is 29.0 Å². The summed E-state index contributed by atoms with van der Waals surface area (Å²) in [6.45, 7) is 2.46. The molecule has 33 heavy (non-hydrogen) atoms. The minimum atomic E-state index is -3.50. The van der Waals surface area contributed by atoms with Gasteiger partial charge in [0.25, 0.3) is 0 Å². The van der Waals surface area contributed by atoms with Crippen molar-refractivity contribution in [2.24, 2.45) is 0 Å². The standard InChI is InChI=1S/C27H29NO4S/c1-3-17-27(18-19-33(30,31)23-9-5-4-6-10-23)24-11-7-8-12-25(24)28(26(27)29)20-21-13-15-22(32-2)16-14-21/h4-16H,3,17-20H2,1-2H3/t27-/m0/s1. The first-order valence-corrected chi connectivity index (χ1v) is 12.9. The third-order valence-corrected chi connectivity index (χ3v) is 8.17. The van der Waals surface area contributed by atoms with Crippen LogP contribution in [0, 0.1) is 0 Å². The van der Waals surface area contributed by atoms with E-state index in [1.807, 2.05) is 60.4 Å². The number of carbonyl (C=O) groups is 1. The molecule has 0 aliphatic carbocycles. The number of carbonyl (C=O) groups excluding carboxylic acids is 1. The first kappa shape index (κ1) is 23.1. The quantitative estimate of drug-likeness (QED) is 0.441. The molecule has 6 heteroatoms. The topological polar surface area (TPSA) is 63.7 Å². The Morgan fingerprint density at radius 1 is 0.879 bits per heavy atom. The number of anilines is 1. The van der Waals surface area contributed by atoms with Crippen LogP contribution in [0.2, 0.25) is 0 Å². The van der Waals surface area contributed by atoms with Crippen LogP contribution in [-0.4, -0.2) is 27.2 Å². The maximum absolute atomic E-state index is 14.0. The SMILES string of the molecule is CCC[C@@]1(CCS(=O)(=O)c2ccccc2)C(=O)N(Cc2ccc(OC)cc2)c2ccccc21. The van der Waals surface area contributed by atoms with Gasteiger partial charge in [-0.25, -0.2) is 8.42 Å². The maximum atomic E-state index is 14.0. The summed E-state index contributed by atoms with van der Waals surface area (Å²) < 4.78 is 31.3. The molecule has 1 aliphatic rings. The largest absolute Gasteiger partial charge is 0.497 e. The fourth-order valence-corrected chi connectivity index (χ4v) is 6.18. The second kappa shape index (κ2) is 9.40. The second-order valence-electron chi connectivity index (χ2n) is 8.47. The van der Waals surface area contributed by atoms with Gasteiger partial charge in [0.2, 0.25) is 5.91 Å². The van der Waals surface area contributed by atoms with E-state index < -0.39 is 15.3 Å². The van der Waals surface area contributed by atoms with E-state index in [4.69, 9.17) is 4.74 Å². The highest BCUT2D eigenvalue weighted by atomic mass is 32.2. The third kappa shape index (κ3) is 4.40. The molecule has 0 radical (unpaired) electrons.